The third kappa shape index (κ3) is 6.44. The van der Waals surface area contributed by atoms with Gasteiger partial charge in [-0.15, -0.1) is 0 Å². The van der Waals surface area contributed by atoms with Crippen molar-refractivity contribution in [2.24, 2.45) is 59.2 Å². The Morgan fingerprint density at radius 2 is 0.891 bits per heavy atom. The molecule has 0 N–H and O–H groups in total. The summed E-state index contributed by atoms with van der Waals surface area (Å²) in [4.78, 5) is 0. The van der Waals surface area contributed by atoms with Gasteiger partial charge in [-0.05, 0) is 129 Å². The average Bonchev–Trinajstić information content (AvgIpc) is 3.58. The molecular formula is C46H62. The Labute approximate surface area is 282 Å². The van der Waals surface area contributed by atoms with E-state index < -0.39 is 0 Å². The van der Waals surface area contributed by atoms with Crippen molar-refractivity contribution in [2.45, 2.75) is 106 Å². The third-order valence-corrected chi connectivity index (χ3v) is 12.8. The Bertz CT molecular complexity index is 1360. The normalized spacial score (nSPS) is 30.9. The van der Waals surface area contributed by atoms with Crippen molar-refractivity contribution in [1.82, 2.24) is 0 Å². The van der Waals surface area contributed by atoms with E-state index in [1.165, 1.54) is 47.9 Å². The predicted octanol–water partition coefficient (Wildman–Crippen LogP) is 12.7. The van der Waals surface area contributed by atoms with Crippen LogP contribution in [0.1, 0.15) is 117 Å². The molecule has 0 spiro atoms. The Kier molecular flexibility index (Phi) is 9.26. The molecule has 8 atom stereocenters. The third-order valence-electron chi connectivity index (χ3n) is 12.8. The molecule has 2 aromatic rings. The zero-order valence-corrected chi connectivity index (χ0v) is 30.7. The minimum Gasteiger partial charge on any atom is -0.0805 e. The van der Waals surface area contributed by atoms with Crippen molar-refractivity contribution in [3.05, 3.63) is 107 Å². The molecule has 46 heavy (non-hydrogen) atoms. The number of hydrogen-bond acceptors (Lipinski definition) is 0. The van der Waals surface area contributed by atoms with Gasteiger partial charge in [-0.25, -0.2) is 0 Å². The van der Waals surface area contributed by atoms with Crippen LogP contribution in [0.4, 0.5) is 0 Å². The predicted molar refractivity (Wildman–Crippen MR) is 201 cm³/mol. The van der Waals surface area contributed by atoms with E-state index in [-0.39, 0.29) is 10.8 Å². The van der Waals surface area contributed by atoms with Crippen molar-refractivity contribution < 1.29 is 0 Å². The zero-order chi connectivity index (χ0) is 33.0. The Balaban J connectivity index is 1.21. The van der Waals surface area contributed by atoms with Gasteiger partial charge in [0.25, 0.3) is 0 Å². The summed E-state index contributed by atoms with van der Waals surface area (Å²) in [7, 11) is 0. The Morgan fingerprint density at radius 3 is 1.20 bits per heavy atom. The molecule has 0 nitrogen and oxygen atoms in total. The highest BCUT2D eigenvalue weighted by Gasteiger charge is 2.48. The highest BCUT2D eigenvalue weighted by atomic mass is 14.5. The van der Waals surface area contributed by atoms with Gasteiger partial charge in [0.05, 0.1) is 0 Å². The monoisotopic (exact) mass is 614 g/mol. The fourth-order valence-electron chi connectivity index (χ4n) is 10.1. The average molecular weight is 615 g/mol. The van der Waals surface area contributed by atoms with Crippen LogP contribution < -0.4 is 0 Å². The largest absolute Gasteiger partial charge is 0.0805 e. The first-order valence-electron chi connectivity index (χ1n) is 18.7. The van der Waals surface area contributed by atoms with Gasteiger partial charge >= 0.3 is 0 Å². The maximum absolute atomic E-state index is 2.60. The SMILES string of the molecule is CC(C)C1CC2C(c3ccc(C(C)(C)C)cc3)=CC=CC2C1CCC1C2C=CC=C(c3ccc(C(C)(C)C)cc3)C2CC1C(C)C. The molecule has 4 aliphatic carbocycles. The maximum Gasteiger partial charge on any atom is -0.00874 e. The summed E-state index contributed by atoms with van der Waals surface area (Å²) in [6.45, 7) is 23.9. The van der Waals surface area contributed by atoms with E-state index in [0.717, 1.165) is 35.5 Å². The van der Waals surface area contributed by atoms with Gasteiger partial charge in [-0.2, -0.15) is 0 Å². The molecule has 0 aliphatic heterocycles. The number of rotatable bonds is 7. The van der Waals surface area contributed by atoms with Gasteiger partial charge in [0, 0.05) is 0 Å². The quantitative estimate of drug-likeness (QED) is 0.291. The van der Waals surface area contributed by atoms with Crippen molar-refractivity contribution in [3.8, 4) is 0 Å². The molecule has 0 heteroatoms. The fraction of sp³-hybridized carbons (Fsp3) is 0.565. The summed E-state index contributed by atoms with van der Waals surface area (Å²) in [5, 5.41) is 0. The lowest BCUT2D eigenvalue weighted by Crippen LogP contribution is -2.25. The maximum atomic E-state index is 2.60. The lowest BCUT2D eigenvalue weighted by molar-refractivity contribution is 0.198. The first kappa shape index (κ1) is 33.3. The van der Waals surface area contributed by atoms with Crippen LogP contribution in [0.3, 0.4) is 0 Å². The van der Waals surface area contributed by atoms with Gasteiger partial charge in [-0.1, -0.05) is 154 Å². The number of allylic oxidation sites excluding steroid dienone is 8. The van der Waals surface area contributed by atoms with Crippen LogP contribution in [0, 0.1) is 59.2 Å². The molecule has 8 unspecified atom stereocenters. The highest BCUT2D eigenvalue weighted by Crippen LogP contribution is 2.57. The first-order valence-corrected chi connectivity index (χ1v) is 18.7. The number of hydrogen-bond donors (Lipinski definition) is 0. The van der Waals surface area contributed by atoms with Crippen LogP contribution in [-0.2, 0) is 10.8 Å². The van der Waals surface area contributed by atoms with Gasteiger partial charge in [0.15, 0.2) is 0 Å². The van der Waals surface area contributed by atoms with Crippen LogP contribution in [0.25, 0.3) is 11.1 Å². The second-order valence-electron chi connectivity index (χ2n) is 18.2. The summed E-state index contributed by atoms with van der Waals surface area (Å²) >= 11 is 0. The zero-order valence-electron chi connectivity index (χ0n) is 30.7. The molecule has 6 rings (SSSR count). The second-order valence-corrected chi connectivity index (χ2v) is 18.2. The summed E-state index contributed by atoms with van der Waals surface area (Å²) < 4.78 is 0. The molecule has 0 heterocycles. The van der Waals surface area contributed by atoms with Gasteiger partial charge in [0.1, 0.15) is 0 Å². The molecule has 0 aromatic heterocycles. The van der Waals surface area contributed by atoms with Crippen LogP contribution in [0.2, 0.25) is 0 Å². The Morgan fingerprint density at radius 1 is 0.543 bits per heavy atom. The minimum absolute atomic E-state index is 0.192. The lowest BCUT2D eigenvalue weighted by atomic mass is 9.71. The smallest absolute Gasteiger partial charge is 0.00874 e. The first-order chi connectivity index (χ1) is 21.7. The summed E-state index contributed by atoms with van der Waals surface area (Å²) in [5.41, 5.74) is 9.29. The van der Waals surface area contributed by atoms with E-state index in [2.05, 4.69) is 154 Å². The van der Waals surface area contributed by atoms with Crippen molar-refractivity contribution >= 4 is 11.1 Å². The standard InChI is InChI=1S/C46H62/c1-29(2)41-27-43-35(31-17-21-33(22-18-31)45(5,6)7)13-11-15-37(43)39(41)25-26-40-38-16-12-14-36(44(38)28-42(40)30(3)4)32-19-23-34(24-20-32)46(8,9)10/h11-24,29-30,37-44H,25-28H2,1-10H3. The van der Waals surface area contributed by atoms with Crippen molar-refractivity contribution in [1.29, 1.82) is 0 Å². The minimum atomic E-state index is 0.192. The number of benzene rings is 2. The van der Waals surface area contributed by atoms with Crippen molar-refractivity contribution in [3.63, 3.8) is 0 Å². The lowest BCUT2D eigenvalue weighted by Gasteiger charge is -2.33. The highest BCUT2D eigenvalue weighted by molar-refractivity contribution is 5.72. The van der Waals surface area contributed by atoms with Crippen LogP contribution in [0.5, 0.6) is 0 Å². The van der Waals surface area contributed by atoms with E-state index in [9.17, 15) is 0 Å². The van der Waals surface area contributed by atoms with E-state index in [1.54, 1.807) is 11.1 Å². The Hall–Kier alpha value is -2.60. The molecule has 0 bridgehead atoms. The van der Waals surface area contributed by atoms with E-state index >= 15 is 0 Å². The van der Waals surface area contributed by atoms with Gasteiger partial charge in [0.2, 0.25) is 0 Å². The molecule has 0 radical (unpaired) electrons. The molecule has 246 valence electrons. The van der Waals surface area contributed by atoms with E-state index in [1.807, 2.05) is 0 Å². The molecule has 2 fully saturated rings. The second kappa shape index (κ2) is 12.8. The summed E-state index contributed by atoms with van der Waals surface area (Å²) in [6, 6.07) is 19.1. The fourth-order valence-corrected chi connectivity index (χ4v) is 10.1. The van der Waals surface area contributed by atoms with E-state index in [0.29, 0.717) is 23.7 Å². The summed E-state index contributed by atoms with van der Waals surface area (Å²) in [5.74, 6) is 7.24. The van der Waals surface area contributed by atoms with Gasteiger partial charge in [-0.3, -0.25) is 0 Å². The molecule has 0 amide bonds. The molecular weight excluding hydrogens is 553 g/mol. The van der Waals surface area contributed by atoms with Crippen LogP contribution in [-0.4, -0.2) is 0 Å². The number of fused-ring (bicyclic) bond motifs is 2. The molecule has 4 aliphatic rings. The van der Waals surface area contributed by atoms with Gasteiger partial charge < -0.3 is 0 Å². The van der Waals surface area contributed by atoms with Crippen LogP contribution in [0.15, 0.2) is 85.0 Å². The molecule has 2 aromatic carbocycles. The topological polar surface area (TPSA) is 0 Å². The molecule has 0 saturated heterocycles. The molecule has 2 saturated carbocycles. The summed E-state index contributed by atoms with van der Waals surface area (Å²) in [6.07, 6.45) is 20.3. The van der Waals surface area contributed by atoms with Crippen molar-refractivity contribution in [2.75, 3.05) is 0 Å². The van der Waals surface area contributed by atoms with Crippen LogP contribution >= 0.6 is 0 Å². The van der Waals surface area contributed by atoms with E-state index in [4.69, 9.17) is 0 Å².